The van der Waals surface area contributed by atoms with Crippen molar-refractivity contribution in [3.63, 3.8) is 0 Å². The van der Waals surface area contributed by atoms with E-state index in [1.807, 2.05) is 19.1 Å². The fraction of sp³-hybridized carbons (Fsp3) is 0.286. The number of carbonyl (C=O) groups excluding carboxylic acids is 3. The van der Waals surface area contributed by atoms with Gasteiger partial charge in [0.25, 0.3) is 0 Å². The number of aryl methyl sites for hydroxylation is 1. The zero-order chi connectivity index (χ0) is 28.3. The van der Waals surface area contributed by atoms with Crippen LogP contribution in [-0.2, 0) is 20.6 Å². The number of pyridine rings is 3. The van der Waals surface area contributed by atoms with E-state index < -0.39 is 11.9 Å². The highest BCUT2D eigenvalue weighted by molar-refractivity contribution is 6.29. The summed E-state index contributed by atoms with van der Waals surface area (Å²) >= 11 is 5.57. The molecule has 0 amide bonds. The van der Waals surface area contributed by atoms with Crippen molar-refractivity contribution in [1.29, 1.82) is 0 Å². The second-order valence-corrected chi connectivity index (χ2v) is 7.41. The summed E-state index contributed by atoms with van der Waals surface area (Å²) in [6.07, 6.45) is 2.41. The van der Waals surface area contributed by atoms with Crippen LogP contribution in [0.2, 0.25) is 5.15 Å². The summed E-state index contributed by atoms with van der Waals surface area (Å²) in [5.74, 6) is -1.19. The lowest BCUT2D eigenvalue weighted by Gasteiger charge is -2.01. The van der Waals surface area contributed by atoms with Crippen LogP contribution < -0.4 is 0 Å². The van der Waals surface area contributed by atoms with Crippen molar-refractivity contribution in [2.75, 3.05) is 19.8 Å². The maximum Gasteiger partial charge on any atom is 0.356 e. The van der Waals surface area contributed by atoms with Gasteiger partial charge in [-0.2, -0.15) is 0 Å². The Kier molecular flexibility index (Phi) is 15.3. The largest absolute Gasteiger partial charge is 0.461 e. The first-order valence-corrected chi connectivity index (χ1v) is 12.4. The van der Waals surface area contributed by atoms with Crippen LogP contribution in [0.1, 0.15) is 70.5 Å². The molecule has 0 N–H and O–H groups in total. The number of hydrogen-bond acceptors (Lipinski definition) is 9. The number of hydrogen-bond donors (Lipinski definition) is 0. The fourth-order valence-corrected chi connectivity index (χ4v) is 2.77. The Morgan fingerprint density at radius 1 is 0.711 bits per heavy atom. The van der Waals surface area contributed by atoms with E-state index in [-0.39, 0.29) is 11.7 Å². The van der Waals surface area contributed by atoms with Gasteiger partial charge in [0.2, 0.25) is 0 Å². The van der Waals surface area contributed by atoms with Crippen LogP contribution in [0.25, 0.3) is 6.08 Å². The Morgan fingerprint density at radius 2 is 1.16 bits per heavy atom. The Hall–Kier alpha value is -4.11. The van der Waals surface area contributed by atoms with Crippen molar-refractivity contribution in [3.8, 4) is 0 Å². The van der Waals surface area contributed by atoms with Crippen LogP contribution in [0.15, 0.2) is 61.2 Å². The maximum atomic E-state index is 11.2. The minimum absolute atomic E-state index is 0.240. The summed E-state index contributed by atoms with van der Waals surface area (Å²) in [6, 6.07) is 15.3. The molecule has 38 heavy (non-hydrogen) atoms. The van der Waals surface area contributed by atoms with E-state index in [9.17, 15) is 14.4 Å². The highest BCUT2D eigenvalue weighted by Gasteiger charge is 2.08. The van der Waals surface area contributed by atoms with Crippen molar-refractivity contribution in [2.24, 2.45) is 0 Å². The molecule has 0 aliphatic rings. The molecule has 0 spiro atoms. The zero-order valence-electron chi connectivity index (χ0n) is 22.0. The quantitative estimate of drug-likeness (QED) is 0.203. The molecule has 0 atom stereocenters. The van der Waals surface area contributed by atoms with Gasteiger partial charge in [-0.1, -0.05) is 43.3 Å². The van der Waals surface area contributed by atoms with Gasteiger partial charge in [0.15, 0.2) is 0 Å². The summed E-state index contributed by atoms with van der Waals surface area (Å²) in [4.78, 5) is 45.4. The highest BCUT2D eigenvalue weighted by Crippen LogP contribution is 2.06. The van der Waals surface area contributed by atoms with Gasteiger partial charge in [0, 0.05) is 5.69 Å². The molecule has 3 aromatic rings. The molecule has 0 unspecified atom stereocenters. The van der Waals surface area contributed by atoms with Gasteiger partial charge in [0.05, 0.1) is 25.5 Å². The minimum atomic E-state index is -0.444. The predicted molar refractivity (Wildman–Crippen MR) is 145 cm³/mol. The molecule has 0 aliphatic heterocycles. The fourth-order valence-electron chi connectivity index (χ4n) is 2.61. The van der Waals surface area contributed by atoms with Crippen molar-refractivity contribution in [2.45, 2.75) is 34.1 Å². The molecule has 202 valence electrons. The van der Waals surface area contributed by atoms with Gasteiger partial charge < -0.3 is 14.2 Å². The first-order valence-electron chi connectivity index (χ1n) is 12.0. The summed E-state index contributed by atoms with van der Waals surface area (Å²) in [5, 5.41) is 0.292. The van der Waals surface area contributed by atoms with E-state index in [1.165, 1.54) is 0 Å². The molecule has 0 aliphatic carbocycles. The van der Waals surface area contributed by atoms with E-state index in [1.54, 1.807) is 69.3 Å². The minimum Gasteiger partial charge on any atom is -0.461 e. The Labute approximate surface area is 227 Å². The molecule has 0 bridgehead atoms. The normalized spacial score (nSPS) is 9.50. The first-order chi connectivity index (χ1) is 18.3. The van der Waals surface area contributed by atoms with E-state index in [0.29, 0.717) is 42.1 Å². The molecular formula is C28H32ClN3O6. The lowest BCUT2D eigenvalue weighted by Crippen LogP contribution is -2.07. The standard InChI is InChI=1S/C10H13NO2.C10H11NO2.C8H8ClNO2/c2*1-3-8-6-5-7-9(11-8)10(12)13-4-2;1-2-12-8(11)6-4-3-5-7(9)10-6/h5-7H,3-4H2,1-2H3;3,5-7H,1,4H2,2H3;3-5H,2H2,1H3. The Morgan fingerprint density at radius 3 is 1.61 bits per heavy atom. The van der Waals surface area contributed by atoms with Crippen LogP contribution in [0, 0.1) is 0 Å². The Bertz CT molecular complexity index is 1200. The van der Waals surface area contributed by atoms with Gasteiger partial charge in [0.1, 0.15) is 22.2 Å². The van der Waals surface area contributed by atoms with Crippen molar-refractivity contribution >= 4 is 35.6 Å². The molecule has 0 saturated carbocycles. The molecule has 0 fully saturated rings. The van der Waals surface area contributed by atoms with Crippen molar-refractivity contribution < 1.29 is 28.6 Å². The SMILES string of the molecule is C=Cc1cccc(C(=O)OCC)n1.CCOC(=O)c1cccc(CC)n1.CCOC(=O)c1cccc(Cl)n1. The molecule has 0 radical (unpaired) electrons. The van der Waals surface area contributed by atoms with E-state index >= 15 is 0 Å². The molecule has 0 aromatic carbocycles. The van der Waals surface area contributed by atoms with Gasteiger partial charge in [-0.15, -0.1) is 0 Å². The second kappa shape index (κ2) is 18.2. The smallest absolute Gasteiger partial charge is 0.356 e. The lowest BCUT2D eigenvalue weighted by atomic mass is 10.2. The predicted octanol–water partition coefficient (Wildman–Crippen LogP) is 5.63. The number of aromatic nitrogens is 3. The summed E-state index contributed by atoms with van der Waals surface area (Å²) in [5.41, 5.74) is 2.53. The van der Waals surface area contributed by atoms with E-state index in [4.69, 9.17) is 25.8 Å². The van der Waals surface area contributed by atoms with Crippen LogP contribution in [0.4, 0.5) is 0 Å². The van der Waals surface area contributed by atoms with E-state index in [2.05, 4.69) is 21.5 Å². The zero-order valence-corrected chi connectivity index (χ0v) is 22.7. The molecule has 9 nitrogen and oxygen atoms in total. The molecule has 3 rings (SSSR count). The third kappa shape index (κ3) is 11.7. The summed E-state index contributed by atoms with van der Waals surface area (Å²) in [7, 11) is 0. The van der Waals surface area contributed by atoms with Crippen LogP contribution in [-0.4, -0.2) is 52.7 Å². The average Bonchev–Trinajstić information content (AvgIpc) is 2.94. The van der Waals surface area contributed by atoms with Crippen LogP contribution in [0.5, 0.6) is 0 Å². The van der Waals surface area contributed by atoms with Crippen LogP contribution in [0.3, 0.4) is 0 Å². The first kappa shape index (κ1) is 31.9. The topological polar surface area (TPSA) is 118 Å². The van der Waals surface area contributed by atoms with Gasteiger partial charge in [-0.05, 0) is 69.7 Å². The van der Waals surface area contributed by atoms with Gasteiger partial charge in [-0.3, -0.25) is 0 Å². The van der Waals surface area contributed by atoms with Crippen molar-refractivity contribution in [1.82, 2.24) is 15.0 Å². The lowest BCUT2D eigenvalue weighted by molar-refractivity contribution is 0.0510. The number of esters is 3. The maximum absolute atomic E-state index is 11.2. The summed E-state index contributed by atoms with van der Waals surface area (Å²) in [6.45, 7) is 11.9. The molecule has 3 heterocycles. The number of rotatable bonds is 8. The van der Waals surface area contributed by atoms with E-state index in [0.717, 1.165) is 12.1 Å². The molecule has 3 aromatic heterocycles. The number of carbonyl (C=O) groups is 3. The van der Waals surface area contributed by atoms with Crippen molar-refractivity contribution in [3.05, 3.63) is 94.8 Å². The summed E-state index contributed by atoms with van der Waals surface area (Å²) < 4.78 is 14.3. The second-order valence-electron chi connectivity index (χ2n) is 7.03. The monoisotopic (exact) mass is 541 g/mol. The third-order valence-electron chi connectivity index (χ3n) is 4.32. The molecule has 0 saturated heterocycles. The molecular weight excluding hydrogens is 510 g/mol. The number of halogens is 1. The van der Waals surface area contributed by atoms with Gasteiger partial charge in [-0.25, -0.2) is 29.3 Å². The third-order valence-corrected chi connectivity index (χ3v) is 4.53. The van der Waals surface area contributed by atoms with Crippen LogP contribution >= 0.6 is 11.6 Å². The average molecular weight is 542 g/mol. The number of nitrogens with zero attached hydrogens (tertiary/aromatic N) is 3. The number of ether oxygens (including phenoxy) is 3. The van der Waals surface area contributed by atoms with Gasteiger partial charge >= 0.3 is 17.9 Å². The highest BCUT2D eigenvalue weighted by atomic mass is 35.5. The Balaban J connectivity index is 0.000000285. The molecule has 10 heteroatoms.